The van der Waals surface area contributed by atoms with Crippen LogP contribution >= 0.6 is 11.8 Å². The van der Waals surface area contributed by atoms with E-state index >= 15 is 0 Å². The van der Waals surface area contributed by atoms with Crippen molar-refractivity contribution in [1.29, 1.82) is 0 Å². The van der Waals surface area contributed by atoms with E-state index in [9.17, 15) is 9.59 Å². The maximum Gasteiger partial charge on any atom is 0.313 e. The van der Waals surface area contributed by atoms with Gasteiger partial charge in [-0.15, -0.1) is 0 Å². The van der Waals surface area contributed by atoms with Crippen LogP contribution in [0, 0.1) is 5.92 Å². The Labute approximate surface area is 122 Å². The van der Waals surface area contributed by atoms with Crippen LogP contribution in [0.15, 0.2) is 22.2 Å². The highest BCUT2D eigenvalue weighted by molar-refractivity contribution is 7.99. The molecule has 1 aromatic heterocycles. The molecular weight excluding hydrogens is 276 g/mol. The Balaban J connectivity index is 2.28. The molecular formula is C14H20N2O3S. The summed E-state index contributed by atoms with van der Waals surface area (Å²) in [6.45, 7) is 2.22. The maximum absolute atomic E-state index is 11.4. The molecule has 0 radical (unpaired) electrons. The largest absolute Gasteiger partial charge is 0.481 e. The molecule has 0 spiro atoms. The van der Waals surface area contributed by atoms with Crippen molar-refractivity contribution in [2.45, 2.75) is 50.2 Å². The number of aromatic nitrogens is 2. The molecule has 2 atom stereocenters. The molecule has 1 aromatic rings. The third kappa shape index (κ3) is 3.85. The molecule has 2 unspecified atom stereocenters. The fourth-order valence-electron chi connectivity index (χ4n) is 2.77. The molecule has 1 aliphatic carbocycles. The van der Waals surface area contributed by atoms with Crippen LogP contribution in [-0.4, -0.2) is 26.4 Å². The van der Waals surface area contributed by atoms with Crippen molar-refractivity contribution in [2.75, 3.05) is 5.75 Å². The summed E-state index contributed by atoms with van der Waals surface area (Å²) in [5, 5.41) is 9.33. The molecule has 0 amide bonds. The molecule has 2 rings (SSSR count). The average Bonchev–Trinajstić information content (AvgIpc) is 2.61. The molecule has 1 saturated carbocycles. The maximum atomic E-state index is 11.4. The van der Waals surface area contributed by atoms with Crippen LogP contribution in [0.2, 0.25) is 0 Å². The molecule has 0 aromatic carbocycles. The summed E-state index contributed by atoms with van der Waals surface area (Å²) in [7, 11) is 0. The van der Waals surface area contributed by atoms with Gasteiger partial charge >= 0.3 is 5.97 Å². The van der Waals surface area contributed by atoms with Crippen LogP contribution in [0.5, 0.6) is 0 Å². The molecule has 0 saturated heterocycles. The van der Waals surface area contributed by atoms with Gasteiger partial charge in [0.15, 0.2) is 5.16 Å². The topological polar surface area (TPSA) is 72.2 Å². The summed E-state index contributed by atoms with van der Waals surface area (Å²) in [4.78, 5) is 26.2. The number of nitrogens with zero attached hydrogens (tertiary/aromatic N) is 2. The Morgan fingerprint density at radius 2 is 2.20 bits per heavy atom. The van der Waals surface area contributed by atoms with Crippen molar-refractivity contribution in [3.8, 4) is 0 Å². The monoisotopic (exact) mass is 296 g/mol. The second-order valence-electron chi connectivity index (χ2n) is 5.32. The first-order valence-electron chi connectivity index (χ1n) is 7.01. The Kier molecular flexibility index (Phi) is 5.23. The number of aliphatic carboxylic acids is 1. The minimum absolute atomic E-state index is 0.0719. The summed E-state index contributed by atoms with van der Waals surface area (Å²) in [6.07, 6.45) is 7.65. The Hall–Kier alpha value is -1.30. The van der Waals surface area contributed by atoms with Crippen LogP contribution in [0.3, 0.4) is 0 Å². The molecule has 1 N–H and O–H groups in total. The molecule has 6 heteroatoms. The number of carboxylic acids is 1. The first kappa shape index (κ1) is 15.1. The Morgan fingerprint density at radius 3 is 2.95 bits per heavy atom. The van der Waals surface area contributed by atoms with Crippen LogP contribution in [-0.2, 0) is 4.79 Å². The number of rotatable bonds is 4. The highest BCUT2D eigenvalue weighted by Crippen LogP contribution is 2.34. The van der Waals surface area contributed by atoms with E-state index in [-0.39, 0.29) is 11.3 Å². The van der Waals surface area contributed by atoms with Gasteiger partial charge in [-0.2, -0.15) is 4.98 Å². The second-order valence-corrected chi connectivity index (χ2v) is 6.26. The summed E-state index contributed by atoms with van der Waals surface area (Å²) in [5.74, 6) is -0.447. The van der Waals surface area contributed by atoms with Gasteiger partial charge in [-0.3, -0.25) is 9.59 Å². The highest BCUT2D eigenvalue weighted by atomic mass is 32.2. The van der Waals surface area contributed by atoms with Crippen LogP contribution < -0.4 is 5.56 Å². The minimum Gasteiger partial charge on any atom is -0.481 e. The minimum atomic E-state index is -0.895. The average molecular weight is 296 g/mol. The quantitative estimate of drug-likeness (QED) is 0.525. The molecule has 5 nitrogen and oxygen atoms in total. The van der Waals surface area contributed by atoms with Gasteiger partial charge in [0.25, 0.3) is 5.56 Å². The van der Waals surface area contributed by atoms with Crippen molar-refractivity contribution >= 4 is 17.7 Å². The number of carbonyl (C=O) groups is 1. The summed E-state index contributed by atoms with van der Waals surface area (Å²) >= 11 is 1.12. The summed E-state index contributed by atoms with van der Waals surface area (Å²) in [6, 6.07) is 1.77. The van der Waals surface area contributed by atoms with E-state index in [1.807, 2.05) is 4.57 Å². The fourth-order valence-corrected chi connectivity index (χ4v) is 3.52. The molecule has 1 heterocycles. The van der Waals surface area contributed by atoms with Crippen molar-refractivity contribution in [2.24, 2.45) is 5.92 Å². The van der Waals surface area contributed by atoms with E-state index in [1.165, 1.54) is 31.7 Å². The zero-order valence-electron chi connectivity index (χ0n) is 11.6. The van der Waals surface area contributed by atoms with Gasteiger partial charge in [0, 0.05) is 18.3 Å². The van der Waals surface area contributed by atoms with E-state index in [2.05, 4.69) is 11.9 Å². The Bertz CT molecular complexity index is 529. The van der Waals surface area contributed by atoms with E-state index in [0.29, 0.717) is 17.1 Å². The second kappa shape index (κ2) is 6.92. The summed E-state index contributed by atoms with van der Waals surface area (Å²) < 4.78 is 2.00. The third-order valence-corrected chi connectivity index (χ3v) is 4.75. The number of hydrogen-bond donors (Lipinski definition) is 1. The predicted octanol–water partition coefficient (Wildman–Crippen LogP) is 2.56. The van der Waals surface area contributed by atoms with Crippen molar-refractivity contribution in [1.82, 2.24) is 9.55 Å². The van der Waals surface area contributed by atoms with Gasteiger partial charge in [0.05, 0.1) is 5.75 Å². The molecule has 1 aliphatic rings. The lowest BCUT2D eigenvalue weighted by molar-refractivity contribution is -0.133. The van der Waals surface area contributed by atoms with E-state index < -0.39 is 5.97 Å². The highest BCUT2D eigenvalue weighted by Gasteiger charge is 2.23. The van der Waals surface area contributed by atoms with E-state index in [4.69, 9.17) is 5.11 Å². The molecule has 110 valence electrons. The lowest BCUT2D eigenvalue weighted by Crippen LogP contribution is -2.22. The van der Waals surface area contributed by atoms with Crippen LogP contribution in [0.4, 0.5) is 0 Å². The lowest BCUT2D eigenvalue weighted by atomic mass is 9.97. The predicted molar refractivity (Wildman–Crippen MR) is 78.1 cm³/mol. The van der Waals surface area contributed by atoms with Gasteiger partial charge in [0.2, 0.25) is 0 Å². The standard InChI is InChI=1S/C14H20N2O3S/c1-10-5-3-2-4-6-11(10)16-8-7-12(17)15-14(16)20-9-13(18)19/h7-8,10-11H,2-6,9H2,1H3,(H,18,19). The SMILES string of the molecule is CC1CCCCCC1n1ccc(=O)nc1SCC(=O)O. The van der Waals surface area contributed by atoms with Crippen molar-refractivity contribution in [3.05, 3.63) is 22.6 Å². The zero-order chi connectivity index (χ0) is 14.5. The van der Waals surface area contributed by atoms with E-state index in [1.54, 1.807) is 6.20 Å². The van der Waals surface area contributed by atoms with Crippen molar-refractivity contribution in [3.63, 3.8) is 0 Å². The molecule has 0 bridgehead atoms. The summed E-state index contributed by atoms with van der Waals surface area (Å²) in [5.41, 5.74) is -0.310. The molecule has 0 aliphatic heterocycles. The third-order valence-electron chi connectivity index (χ3n) is 3.80. The first-order valence-corrected chi connectivity index (χ1v) is 8.00. The Morgan fingerprint density at radius 1 is 1.45 bits per heavy atom. The van der Waals surface area contributed by atoms with Crippen LogP contribution in [0.1, 0.15) is 45.1 Å². The normalized spacial score (nSPS) is 23.2. The van der Waals surface area contributed by atoms with Gasteiger partial charge < -0.3 is 9.67 Å². The first-order chi connectivity index (χ1) is 9.58. The van der Waals surface area contributed by atoms with Crippen molar-refractivity contribution < 1.29 is 9.90 Å². The van der Waals surface area contributed by atoms with Gasteiger partial charge in [-0.05, 0) is 18.8 Å². The number of hydrogen-bond acceptors (Lipinski definition) is 4. The van der Waals surface area contributed by atoms with E-state index in [0.717, 1.165) is 18.2 Å². The van der Waals surface area contributed by atoms with Gasteiger partial charge in [-0.25, -0.2) is 0 Å². The molecule has 1 fully saturated rings. The molecule has 20 heavy (non-hydrogen) atoms. The zero-order valence-corrected chi connectivity index (χ0v) is 12.4. The number of thioether (sulfide) groups is 1. The van der Waals surface area contributed by atoms with Gasteiger partial charge in [-0.1, -0.05) is 37.9 Å². The smallest absolute Gasteiger partial charge is 0.313 e. The number of carboxylic acid groups (broad SMARTS) is 1. The lowest BCUT2D eigenvalue weighted by Gasteiger charge is -2.26. The fraction of sp³-hybridized carbons (Fsp3) is 0.643. The van der Waals surface area contributed by atoms with Gasteiger partial charge in [0.1, 0.15) is 0 Å². The van der Waals surface area contributed by atoms with Crippen LogP contribution in [0.25, 0.3) is 0 Å².